The van der Waals surface area contributed by atoms with E-state index in [0.29, 0.717) is 12.0 Å². The van der Waals surface area contributed by atoms with E-state index in [1.165, 1.54) is 6.07 Å². The Balaban J connectivity index is 1.88. The number of aryl methyl sites for hydroxylation is 2. The summed E-state index contributed by atoms with van der Waals surface area (Å²) in [7, 11) is 0. The number of rotatable bonds is 7. The molecule has 2 nitrogen and oxygen atoms in total. The summed E-state index contributed by atoms with van der Waals surface area (Å²) < 4.78 is 13.4. The number of benzene rings is 3. The van der Waals surface area contributed by atoms with Crippen LogP contribution in [0.1, 0.15) is 46.8 Å². The summed E-state index contributed by atoms with van der Waals surface area (Å²) in [6, 6.07) is 22.1. The van der Waals surface area contributed by atoms with Gasteiger partial charge in [-0.25, -0.2) is 4.39 Å². The quantitative estimate of drug-likeness (QED) is 0.469. The highest BCUT2D eigenvalue weighted by Gasteiger charge is 2.13. The molecule has 0 aromatic heterocycles. The van der Waals surface area contributed by atoms with Crippen molar-refractivity contribution in [2.24, 2.45) is 0 Å². The third-order valence-corrected chi connectivity index (χ3v) is 4.89. The predicted octanol–water partition coefficient (Wildman–Crippen LogP) is 6.13. The molecule has 0 fully saturated rings. The maximum atomic E-state index is 13.4. The van der Waals surface area contributed by atoms with Crippen LogP contribution >= 0.6 is 0 Å². The molecule has 3 aromatic carbocycles. The van der Waals surface area contributed by atoms with Gasteiger partial charge in [0, 0.05) is 12.0 Å². The smallest absolute Gasteiger partial charge is 0.162 e. The van der Waals surface area contributed by atoms with E-state index in [1.54, 1.807) is 18.2 Å². The molecule has 0 N–H and O–H groups in total. The number of nitrogens with zero attached hydrogens (tertiary/aromatic N) is 1. The first kappa shape index (κ1) is 19.5. The van der Waals surface area contributed by atoms with Gasteiger partial charge >= 0.3 is 0 Å². The highest BCUT2D eigenvalue weighted by Crippen LogP contribution is 2.27. The molecule has 0 aliphatic carbocycles. The Labute approximate surface area is 165 Å². The third-order valence-electron chi connectivity index (χ3n) is 4.89. The molecule has 3 heteroatoms. The van der Waals surface area contributed by atoms with Crippen molar-refractivity contribution in [3.8, 4) is 17.2 Å². The summed E-state index contributed by atoms with van der Waals surface area (Å²) in [6.45, 7) is 1.86. The minimum Gasteiger partial charge on any atom is -0.294 e. The van der Waals surface area contributed by atoms with Gasteiger partial charge in [0.25, 0.3) is 0 Å². The van der Waals surface area contributed by atoms with Gasteiger partial charge in [-0.15, -0.1) is 0 Å². The van der Waals surface area contributed by atoms with E-state index >= 15 is 0 Å². The van der Waals surface area contributed by atoms with E-state index < -0.39 is 0 Å². The Morgan fingerprint density at radius 3 is 2.57 bits per heavy atom. The first-order chi connectivity index (χ1) is 13.6. The second-order valence-corrected chi connectivity index (χ2v) is 6.79. The van der Waals surface area contributed by atoms with Crippen LogP contribution in [0.3, 0.4) is 0 Å². The number of hydrogen-bond donors (Lipinski definition) is 0. The molecule has 0 amide bonds. The van der Waals surface area contributed by atoms with Crippen molar-refractivity contribution in [3.05, 3.63) is 94.8 Å². The van der Waals surface area contributed by atoms with E-state index in [9.17, 15) is 14.4 Å². The molecule has 140 valence electrons. The molecule has 0 heterocycles. The van der Waals surface area contributed by atoms with E-state index in [1.807, 2.05) is 49.4 Å². The zero-order valence-corrected chi connectivity index (χ0v) is 15.9. The highest BCUT2D eigenvalue weighted by atomic mass is 19.1. The van der Waals surface area contributed by atoms with Crippen LogP contribution in [0.2, 0.25) is 0 Å². The number of hydrogen-bond acceptors (Lipinski definition) is 2. The predicted molar refractivity (Wildman–Crippen MR) is 110 cm³/mol. The fourth-order valence-electron chi connectivity index (χ4n) is 3.44. The molecule has 0 aliphatic heterocycles. The summed E-state index contributed by atoms with van der Waals surface area (Å²) >= 11 is 0. The Hall–Kier alpha value is -3.25. The van der Waals surface area contributed by atoms with Crippen molar-refractivity contribution in [2.45, 2.75) is 32.6 Å². The lowest BCUT2D eigenvalue weighted by molar-refractivity contribution is 0.0987. The van der Waals surface area contributed by atoms with Crippen LogP contribution in [0.15, 0.2) is 66.7 Å². The molecule has 0 unspecified atom stereocenters. The van der Waals surface area contributed by atoms with Crippen molar-refractivity contribution in [2.75, 3.05) is 0 Å². The first-order valence-corrected chi connectivity index (χ1v) is 9.52. The number of Topliss-reactive ketones (excluding diaryl/α,β-unsaturated/α-hetero) is 1. The first-order valence-electron chi connectivity index (χ1n) is 9.52. The van der Waals surface area contributed by atoms with E-state index in [-0.39, 0.29) is 11.6 Å². The van der Waals surface area contributed by atoms with Crippen molar-refractivity contribution in [3.63, 3.8) is 0 Å². The van der Waals surface area contributed by atoms with E-state index in [4.69, 9.17) is 0 Å². The average Bonchev–Trinajstić information content (AvgIpc) is 2.73. The molecule has 0 radical (unpaired) electrons. The van der Waals surface area contributed by atoms with Crippen LogP contribution in [-0.4, -0.2) is 5.78 Å². The van der Waals surface area contributed by atoms with Gasteiger partial charge in [0.1, 0.15) is 5.82 Å². The second-order valence-electron chi connectivity index (χ2n) is 6.79. The lowest BCUT2D eigenvalue weighted by Crippen LogP contribution is -2.04. The molecule has 0 aliphatic rings. The topological polar surface area (TPSA) is 40.9 Å². The fourth-order valence-corrected chi connectivity index (χ4v) is 3.44. The van der Waals surface area contributed by atoms with Crippen molar-refractivity contribution < 1.29 is 9.18 Å². The average molecular weight is 371 g/mol. The molecular weight excluding hydrogens is 349 g/mol. The number of nitriles is 1. The summed E-state index contributed by atoms with van der Waals surface area (Å²) in [5, 5.41) is 9.39. The number of carbonyl (C=O) groups excluding carboxylic acids is 1. The van der Waals surface area contributed by atoms with Gasteiger partial charge in [-0.3, -0.25) is 4.79 Å². The van der Waals surface area contributed by atoms with Crippen molar-refractivity contribution in [1.82, 2.24) is 0 Å². The van der Waals surface area contributed by atoms with Crippen LogP contribution in [0.4, 0.5) is 4.39 Å². The van der Waals surface area contributed by atoms with Crippen LogP contribution in [0.5, 0.6) is 0 Å². The fraction of sp³-hybridized carbons (Fsp3) is 0.200. The lowest BCUT2D eigenvalue weighted by atomic mass is 9.91. The molecular formula is C25H22FNO. The normalized spacial score (nSPS) is 10.5. The summed E-state index contributed by atoms with van der Waals surface area (Å²) in [6.07, 6.45) is 2.73. The van der Waals surface area contributed by atoms with Gasteiger partial charge in [0.05, 0.1) is 11.6 Å². The van der Waals surface area contributed by atoms with E-state index in [2.05, 4.69) is 6.07 Å². The lowest BCUT2D eigenvalue weighted by Gasteiger charge is -2.12. The maximum absolute atomic E-state index is 13.4. The molecule has 0 bridgehead atoms. The summed E-state index contributed by atoms with van der Waals surface area (Å²) in [5.74, 6) is -0.115. The molecule has 28 heavy (non-hydrogen) atoms. The SMILES string of the molecule is CCC(=O)c1ccc(-c2ccccc2C#N)cc1CCCc1cccc(F)c1. The largest absolute Gasteiger partial charge is 0.294 e. The third kappa shape index (κ3) is 4.53. The van der Waals surface area contributed by atoms with Gasteiger partial charge in [0.15, 0.2) is 5.78 Å². The molecule has 0 spiro atoms. The monoisotopic (exact) mass is 371 g/mol. The zero-order valence-electron chi connectivity index (χ0n) is 15.9. The number of carbonyl (C=O) groups is 1. The standard InChI is InChI=1S/C25H22FNO/c1-2-25(28)24-14-13-20(23-12-4-3-9-21(23)17-27)16-19(24)10-5-7-18-8-6-11-22(26)15-18/h3-4,6,8-9,11-16H,2,5,7,10H2,1H3. The Morgan fingerprint density at radius 2 is 1.82 bits per heavy atom. The van der Waals surface area contributed by atoms with Gasteiger partial charge < -0.3 is 0 Å². The zero-order chi connectivity index (χ0) is 19.9. The molecule has 3 aromatic rings. The van der Waals surface area contributed by atoms with Crippen molar-refractivity contribution in [1.29, 1.82) is 5.26 Å². The minimum absolute atomic E-state index is 0.112. The molecule has 0 saturated heterocycles. The van der Waals surface area contributed by atoms with Gasteiger partial charge in [0.2, 0.25) is 0 Å². The Morgan fingerprint density at radius 1 is 1.00 bits per heavy atom. The van der Waals surface area contributed by atoms with Crippen LogP contribution in [0.25, 0.3) is 11.1 Å². The second kappa shape index (κ2) is 9.10. The van der Waals surface area contributed by atoms with Crippen LogP contribution in [-0.2, 0) is 12.8 Å². The minimum atomic E-state index is -0.227. The van der Waals surface area contributed by atoms with E-state index in [0.717, 1.165) is 47.1 Å². The number of halogens is 1. The summed E-state index contributed by atoms with van der Waals surface area (Å²) in [5.41, 5.74) is 5.09. The summed E-state index contributed by atoms with van der Waals surface area (Å²) in [4.78, 5) is 12.4. The molecule has 0 atom stereocenters. The maximum Gasteiger partial charge on any atom is 0.162 e. The Kier molecular flexibility index (Phi) is 6.34. The number of ketones is 1. The van der Waals surface area contributed by atoms with Crippen LogP contribution in [0, 0.1) is 17.1 Å². The highest BCUT2D eigenvalue weighted by molar-refractivity contribution is 5.98. The van der Waals surface area contributed by atoms with Gasteiger partial charge in [-0.1, -0.05) is 55.5 Å². The van der Waals surface area contributed by atoms with Crippen molar-refractivity contribution >= 4 is 5.78 Å². The molecule has 3 rings (SSSR count). The van der Waals surface area contributed by atoms with Gasteiger partial charge in [-0.2, -0.15) is 5.26 Å². The molecule has 0 saturated carbocycles. The van der Waals surface area contributed by atoms with Gasteiger partial charge in [-0.05, 0) is 59.7 Å². The van der Waals surface area contributed by atoms with Crippen LogP contribution < -0.4 is 0 Å². The Bertz CT molecular complexity index is 1030.